The van der Waals surface area contributed by atoms with Crippen LogP contribution in [0, 0.1) is 0 Å². The smallest absolute Gasteiger partial charge is 0.233 e. The van der Waals surface area contributed by atoms with Crippen molar-refractivity contribution in [1.29, 1.82) is 0 Å². The number of nitrogens with zero attached hydrogens (tertiary/aromatic N) is 4. The Morgan fingerprint density at radius 2 is 1.88 bits per heavy atom. The number of rotatable bonds is 7. The third-order valence-electron chi connectivity index (χ3n) is 5.80. The first kappa shape index (κ1) is 22.5. The maximum Gasteiger partial charge on any atom is 0.233 e. The molecule has 1 amide bonds. The molecule has 0 radical (unpaired) electrons. The summed E-state index contributed by atoms with van der Waals surface area (Å²) in [6.45, 7) is 1.43. The van der Waals surface area contributed by atoms with Crippen molar-refractivity contribution in [2.24, 2.45) is 0 Å². The minimum Gasteiger partial charge on any atom is -0.497 e. The van der Waals surface area contributed by atoms with E-state index in [2.05, 4.69) is 21.6 Å². The predicted molar refractivity (Wildman–Crippen MR) is 134 cm³/mol. The Balaban J connectivity index is 1.43. The van der Waals surface area contributed by atoms with Gasteiger partial charge in [0.2, 0.25) is 5.91 Å². The van der Waals surface area contributed by atoms with E-state index in [0.717, 1.165) is 30.0 Å². The average molecular weight is 493 g/mol. The fourth-order valence-corrected chi connectivity index (χ4v) is 5.75. The van der Waals surface area contributed by atoms with Gasteiger partial charge in [-0.15, -0.1) is 21.5 Å². The average Bonchev–Trinajstić information content (AvgIpc) is 3.53. The number of fused-ring (bicyclic) bond motifs is 1. The summed E-state index contributed by atoms with van der Waals surface area (Å²) in [6, 6.07) is 17.5. The van der Waals surface area contributed by atoms with Crippen molar-refractivity contribution < 1.29 is 14.3 Å². The highest BCUT2D eigenvalue weighted by Crippen LogP contribution is 2.34. The van der Waals surface area contributed by atoms with E-state index in [9.17, 15) is 4.79 Å². The first-order valence-corrected chi connectivity index (χ1v) is 12.7. The first-order valence-electron chi connectivity index (χ1n) is 10.9. The maximum absolute atomic E-state index is 13.0. The van der Waals surface area contributed by atoms with Crippen LogP contribution < -0.4 is 9.47 Å². The van der Waals surface area contributed by atoms with Crippen LogP contribution in [0.4, 0.5) is 0 Å². The van der Waals surface area contributed by atoms with Crippen molar-refractivity contribution in [3.8, 4) is 28.6 Å². The molecule has 0 N–H and O–H groups in total. The molecule has 1 aliphatic heterocycles. The Morgan fingerprint density at radius 3 is 2.68 bits per heavy atom. The van der Waals surface area contributed by atoms with E-state index < -0.39 is 0 Å². The number of benzene rings is 2. The normalized spacial score (nSPS) is 12.9. The lowest BCUT2D eigenvalue weighted by atomic mass is 10.1. The zero-order valence-electron chi connectivity index (χ0n) is 18.9. The summed E-state index contributed by atoms with van der Waals surface area (Å²) < 4.78 is 12.8. The van der Waals surface area contributed by atoms with Crippen LogP contribution in [0.2, 0.25) is 0 Å². The topological polar surface area (TPSA) is 69.5 Å². The molecule has 0 aliphatic carbocycles. The van der Waals surface area contributed by atoms with E-state index in [0.29, 0.717) is 29.0 Å². The second-order valence-corrected chi connectivity index (χ2v) is 9.71. The summed E-state index contributed by atoms with van der Waals surface area (Å²) in [5.41, 5.74) is 2.96. The number of hydrogen-bond donors (Lipinski definition) is 0. The van der Waals surface area contributed by atoms with Gasteiger partial charge in [-0.1, -0.05) is 23.9 Å². The molecule has 3 heterocycles. The molecule has 4 aromatic rings. The Labute approximate surface area is 206 Å². The highest BCUT2D eigenvalue weighted by atomic mass is 32.2. The van der Waals surface area contributed by atoms with Gasteiger partial charge in [0.15, 0.2) is 11.0 Å². The second-order valence-electron chi connectivity index (χ2n) is 7.76. The van der Waals surface area contributed by atoms with Gasteiger partial charge in [0.05, 0.1) is 31.2 Å². The van der Waals surface area contributed by atoms with Crippen LogP contribution >= 0.6 is 23.1 Å². The quantitative estimate of drug-likeness (QED) is 0.349. The maximum atomic E-state index is 13.0. The largest absolute Gasteiger partial charge is 0.497 e. The zero-order valence-corrected chi connectivity index (χ0v) is 20.6. The molecule has 7 nitrogen and oxygen atoms in total. The molecule has 1 aliphatic rings. The van der Waals surface area contributed by atoms with Crippen LogP contribution in [0.1, 0.15) is 10.4 Å². The molecule has 34 heavy (non-hydrogen) atoms. The van der Waals surface area contributed by atoms with E-state index >= 15 is 0 Å². The van der Waals surface area contributed by atoms with Crippen LogP contribution in [0.3, 0.4) is 0 Å². The van der Waals surface area contributed by atoms with Crippen LogP contribution in [-0.4, -0.2) is 52.1 Å². The third kappa shape index (κ3) is 4.41. The Hall–Kier alpha value is -3.30. The fourth-order valence-electron chi connectivity index (χ4n) is 4.01. The lowest BCUT2D eigenvalue weighted by Gasteiger charge is -2.26. The van der Waals surface area contributed by atoms with Gasteiger partial charge < -0.3 is 14.4 Å². The van der Waals surface area contributed by atoms with Gasteiger partial charge in [0.1, 0.15) is 11.5 Å². The Bertz CT molecular complexity index is 1300. The Morgan fingerprint density at radius 1 is 1.06 bits per heavy atom. The van der Waals surface area contributed by atoms with Crippen molar-refractivity contribution >= 4 is 29.0 Å². The van der Waals surface area contributed by atoms with Crippen molar-refractivity contribution in [3.63, 3.8) is 0 Å². The number of ether oxygens (including phenoxy) is 2. The van der Waals surface area contributed by atoms with E-state index in [-0.39, 0.29) is 5.91 Å². The number of hydrogen-bond acceptors (Lipinski definition) is 7. The molecule has 0 saturated heterocycles. The molecule has 0 saturated carbocycles. The third-order valence-corrected chi connectivity index (χ3v) is 7.73. The fraction of sp³-hybridized carbons (Fsp3) is 0.240. The molecule has 0 spiro atoms. The molecule has 0 fully saturated rings. The van der Waals surface area contributed by atoms with Crippen LogP contribution in [0.25, 0.3) is 17.1 Å². The summed E-state index contributed by atoms with van der Waals surface area (Å²) >= 11 is 3.17. The molecule has 174 valence electrons. The van der Waals surface area contributed by atoms with Crippen molar-refractivity contribution in [3.05, 3.63) is 70.4 Å². The standard InChI is InChI=1S/C25H24N4O3S2/c1-31-19-9-7-18(8-10-19)29-24(20-5-3-4-6-21(20)32-2)26-27-25(29)34-16-23(30)28-13-11-22-17(15-28)12-14-33-22/h3-10,12,14H,11,13,15-16H2,1-2H3. The van der Waals surface area contributed by atoms with Crippen LogP contribution in [-0.2, 0) is 17.8 Å². The van der Waals surface area contributed by atoms with Gasteiger partial charge in [0.25, 0.3) is 0 Å². The van der Waals surface area contributed by atoms with Gasteiger partial charge >= 0.3 is 0 Å². The van der Waals surface area contributed by atoms with Crippen molar-refractivity contribution in [2.75, 3.05) is 26.5 Å². The number of thioether (sulfide) groups is 1. The van der Waals surface area contributed by atoms with E-state index in [1.54, 1.807) is 25.6 Å². The van der Waals surface area contributed by atoms with Crippen LogP contribution in [0.15, 0.2) is 65.1 Å². The minimum absolute atomic E-state index is 0.102. The monoisotopic (exact) mass is 492 g/mol. The summed E-state index contributed by atoms with van der Waals surface area (Å²) in [6.07, 6.45) is 0.920. The SMILES string of the molecule is COc1ccc(-n2c(SCC(=O)N3CCc4sccc4C3)nnc2-c2ccccc2OC)cc1. The molecule has 2 aromatic heterocycles. The first-order chi connectivity index (χ1) is 16.7. The molecular formula is C25H24N4O3S2. The molecule has 0 atom stereocenters. The number of methoxy groups -OCH3 is 2. The lowest BCUT2D eigenvalue weighted by molar-refractivity contribution is -0.129. The number of carbonyl (C=O) groups excluding carboxylic acids is 1. The Kier molecular flexibility index (Phi) is 6.55. The summed E-state index contributed by atoms with van der Waals surface area (Å²) in [7, 11) is 3.28. The molecule has 9 heteroatoms. The zero-order chi connectivity index (χ0) is 23.5. The van der Waals surface area contributed by atoms with Gasteiger partial charge in [0, 0.05) is 18.0 Å². The molecule has 0 unspecified atom stereocenters. The van der Waals surface area contributed by atoms with Crippen molar-refractivity contribution in [2.45, 2.75) is 18.1 Å². The highest BCUT2D eigenvalue weighted by molar-refractivity contribution is 7.99. The number of aromatic nitrogens is 3. The van der Waals surface area contributed by atoms with E-state index in [1.807, 2.05) is 58.0 Å². The van der Waals surface area contributed by atoms with Crippen molar-refractivity contribution in [1.82, 2.24) is 19.7 Å². The minimum atomic E-state index is 0.102. The lowest BCUT2D eigenvalue weighted by Crippen LogP contribution is -2.36. The molecule has 2 aromatic carbocycles. The number of carbonyl (C=O) groups is 1. The number of thiophene rings is 1. The molecule has 0 bridgehead atoms. The van der Waals surface area contributed by atoms with Gasteiger partial charge in [-0.3, -0.25) is 9.36 Å². The van der Waals surface area contributed by atoms with E-state index in [4.69, 9.17) is 9.47 Å². The summed E-state index contributed by atoms with van der Waals surface area (Å²) in [5.74, 6) is 2.51. The molecule has 5 rings (SSSR count). The van der Waals surface area contributed by atoms with E-state index in [1.165, 1.54) is 22.2 Å². The number of para-hydroxylation sites is 1. The van der Waals surface area contributed by atoms with Crippen LogP contribution in [0.5, 0.6) is 11.5 Å². The predicted octanol–water partition coefficient (Wildman–Crippen LogP) is 4.69. The summed E-state index contributed by atoms with van der Waals surface area (Å²) in [4.78, 5) is 16.3. The van der Waals surface area contributed by atoms with Gasteiger partial charge in [-0.05, 0) is 59.8 Å². The summed E-state index contributed by atoms with van der Waals surface area (Å²) in [5, 5.41) is 11.7. The number of amides is 1. The molecular weight excluding hydrogens is 468 g/mol. The van der Waals surface area contributed by atoms with Gasteiger partial charge in [-0.2, -0.15) is 0 Å². The highest BCUT2D eigenvalue weighted by Gasteiger charge is 2.24. The van der Waals surface area contributed by atoms with Gasteiger partial charge in [-0.25, -0.2) is 0 Å². The second kappa shape index (κ2) is 9.90.